The number of anilines is 1. The third kappa shape index (κ3) is 2.79. The van der Waals surface area contributed by atoms with Crippen LogP contribution < -0.4 is 10.2 Å². The fourth-order valence-electron chi connectivity index (χ4n) is 2.19. The molecule has 0 bridgehead atoms. The molecule has 1 fully saturated rings. The zero-order valence-electron chi connectivity index (χ0n) is 11.3. The van der Waals surface area contributed by atoms with Gasteiger partial charge >= 0.3 is 0 Å². The lowest BCUT2D eigenvalue weighted by Crippen LogP contribution is -2.48. The molecule has 0 spiro atoms. The lowest BCUT2D eigenvalue weighted by Gasteiger charge is -2.26. The maximum absolute atomic E-state index is 13.8. The van der Waals surface area contributed by atoms with Crippen LogP contribution in [0.15, 0.2) is 18.2 Å². The zero-order valence-corrected chi connectivity index (χ0v) is 11.3. The number of rotatable bonds is 2. The highest BCUT2D eigenvalue weighted by Gasteiger charge is 2.33. The Bertz CT molecular complexity index is 546. The predicted octanol–water partition coefficient (Wildman–Crippen LogP) is 1.84. The number of hydrogen-bond acceptors (Lipinski definition) is 2. The van der Waals surface area contributed by atoms with Crippen LogP contribution in [0.4, 0.5) is 14.5 Å². The summed E-state index contributed by atoms with van der Waals surface area (Å²) in [4.78, 5) is 25.2. The molecule has 1 aromatic rings. The maximum atomic E-state index is 13.8. The van der Waals surface area contributed by atoms with E-state index in [0.717, 1.165) is 12.1 Å². The summed E-state index contributed by atoms with van der Waals surface area (Å²) in [5.74, 6) is -2.26. The normalized spacial score (nSPS) is 20.1. The van der Waals surface area contributed by atoms with Gasteiger partial charge < -0.3 is 10.2 Å². The quantitative estimate of drug-likeness (QED) is 0.900. The van der Waals surface area contributed by atoms with Crippen molar-refractivity contribution in [2.45, 2.75) is 26.3 Å². The maximum Gasteiger partial charge on any atom is 0.249 e. The molecule has 6 heteroatoms. The number of benzene rings is 1. The van der Waals surface area contributed by atoms with Gasteiger partial charge in [0.2, 0.25) is 11.8 Å². The molecule has 1 unspecified atom stereocenters. The van der Waals surface area contributed by atoms with E-state index in [-0.39, 0.29) is 36.4 Å². The number of carbonyl (C=O) groups excluding carboxylic acids is 2. The van der Waals surface area contributed by atoms with E-state index >= 15 is 0 Å². The van der Waals surface area contributed by atoms with Crippen molar-refractivity contribution in [2.24, 2.45) is 5.92 Å². The van der Waals surface area contributed by atoms with Crippen molar-refractivity contribution >= 4 is 17.5 Å². The standard InChI is InChI=1S/C14H16F2N2O2/c1-8(2)13-14(20)18(6-5-12(19)17-13)11-4-3-9(15)7-10(11)16/h3-4,7-8,13H,5-6H2,1-2H3,(H,17,19). The molecule has 108 valence electrons. The Kier molecular flexibility index (Phi) is 4.01. The zero-order chi connectivity index (χ0) is 14.9. The molecule has 2 amide bonds. The van der Waals surface area contributed by atoms with Crippen molar-refractivity contribution in [1.29, 1.82) is 0 Å². The summed E-state index contributed by atoms with van der Waals surface area (Å²) in [6.07, 6.45) is 0.0891. The fourth-order valence-corrected chi connectivity index (χ4v) is 2.19. The van der Waals surface area contributed by atoms with Crippen LogP contribution in [0.2, 0.25) is 0 Å². The van der Waals surface area contributed by atoms with Gasteiger partial charge in [-0.1, -0.05) is 13.8 Å². The molecule has 1 atom stereocenters. The summed E-state index contributed by atoms with van der Waals surface area (Å²) in [6, 6.07) is 2.34. The van der Waals surface area contributed by atoms with Crippen LogP contribution in [0.1, 0.15) is 20.3 Å². The summed E-state index contributed by atoms with van der Waals surface area (Å²) in [7, 11) is 0. The summed E-state index contributed by atoms with van der Waals surface area (Å²) >= 11 is 0. The van der Waals surface area contributed by atoms with E-state index in [4.69, 9.17) is 0 Å². The van der Waals surface area contributed by atoms with Crippen molar-refractivity contribution in [3.8, 4) is 0 Å². The Balaban J connectivity index is 2.38. The van der Waals surface area contributed by atoms with Gasteiger partial charge in [-0.15, -0.1) is 0 Å². The summed E-state index contributed by atoms with van der Waals surface area (Å²) in [6.45, 7) is 3.68. The van der Waals surface area contributed by atoms with E-state index in [1.807, 2.05) is 0 Å². The number of carbonyl (C=O) groups is 2. The van der Waals surface area contributed by atoms with Crippen molar-refractivity contribution in [3.05, 3.63) is 29.8 Å². The molecule has 0 aromatic heterocycles. The molecule has 2 rings (SSSR count). The number of halogens is 2. The van der Waals surface area contributed by atoms with Crippen molar-refractivity contribution in [1.82, 2.24) is 5.32 Å². The lowest BCUT2D eigenvalue weighted by atomic mass is 10.0. The second-order valence-electron chi connectivity index (χ2n) is 5.12. The first-order valence-electron chi connectivity index (χ1n) is 6.46. The average molecular weight is 282 g/mol. The molecule has 1 aromatic carbocycles. The van der Waals surface area contributed by atoms with Crippen molar-refractivity contribution in [2.75, 3.05) is 11.4 Å². The van der Waals surface area contributed by atoms with Gasteiger partial charge in [-0.25, -0.2) is 8.78 Å². The van der Waals surface area contributed by atoms with Crippen LogP contribution in [0, 0.1) is 17.6 Å². The number of amides is 2. The van der Waals surface area contributed by atoms with Gasteiger partial charge in [-0.2, -0.15) is 0 Å². The molecule has 20 heavy (non-hydrogen) atoms. The summed E-state index contributed by atoms with van der Waals surface area (Å²) in [5.41, 5.74) is -0.00134. The number of nitrogens with zero attached hydrogens (tertiary/aromatic N) is 1. The van der Waals surface area contributed by atoms with Crippen LogP contribution >= 0.6 is 0 Å². The van der Waals surface area contributed by atoms with Crippen LogP contribution in [-0.2, 0) is 9.59 Å². The van der Waals surface area contributed by atoms with E-state index < -0.39 is 17.7 Å². The Hall–Kier alpha value is -1.98. The van der Waals surface area contributed by atoms with Gasteiger partial charge in [-0.3, -0.25) is 9.59 Å². The molecule has 0 saturated carbocycles. The molecule has 4 nitrogen and oxygen atoms in total. The SMILES string of the molecule is CC(C)C1NC(=O)CCN(c2ccc(F)cc2F)C1=O. The number of nitrogens with one attached hydrogen (secondary N) is 1. The second kappa shape index (κ2) is 5.56. The highest BCUT2D eigenvalue weighted by molar-refractivity contribution is 6.01. The lowest BCUT2D eigenvalue weighted by molar-refractivity contribution is -0.126. The molecular weight excluding hydrogens is 266 g/mol. The summed E-state index contributed by atoms with van der Waals surface area (Å²) < 4.78 is 26.8. The second-order valence-corrected chi connectivity index (χ2v) is 5.12. The van der Waals surface area contributed by atoms with Gasteiger partial charge in [0, 0.05) is 19.0 Å². The molecule has 1 aliphatic rings. The number of hydrogen-bond donors (Lipinski definition) is 1. The molecular formula is C14H16F2N2O2. The third-order valence-electron chi connectivity index (χ3n) is 3.28. The van der Waals surface area contributed by atoms with Crippen LogP contribution in [0.5, 0.6) is 0 Å². The van der Waals surface area contributed by atoms with E-state index in [1.54, 1.807) is 13.8 Å². The molecule has 1 heterocycles. The Morgan fingerprint density at radius 2 is 2.00 bits per heavy atom. The van der Waals surface area contributed by atoms with Gasteiger partial charge in [0.25, 0.3) is 0 Å². The first-order valence-corrected chi connectivity index (χ1v) is 6.46. The van der Waals surface area contributed by atoms with Gasteiger partial charge in [-0.05, 0) is 18.1 Å². The molecule has 1 saturated heterocycles. The summed E-state index contributed by atoms with van der Waals surface area (Å²) in [5, 5.41) is 2.63. The minimum absolute atomic E-state index is 0.00134. The van der Waals surface area contributed by atoms with Crippen LogP contribution in [0.25, 0.3) is 0 Å². The predicted molar refractivity (Wildman–Crippen MR) is 70.1 cm³/mol. The fraction of sp³-hybridized carbons (Fsp3) is 0.429. The molecule has 0 radical (unpaired) electrons. The van der Waals surface area contributed by atoms with Gasteiger partial charge in [0.05, 0.1) is 5.69 Å². The third-order valence-corrected chi connectivity index (χ3v) is 3.28. The van der Waals surface area contributed by atoms with Gasteiger partial charge in [0.1, 0.15) is 17.7 Å². The average Bonchev–Trinajstić information content (AvgIpc) is 2.50. The minimum atomic E-state index is -0.810. The molecule has 0 aliphatic carbocycles. The smallest absolute Gasteiger partial charge is 0.249 e. The first kappa shape index (κ1) is 14.4. The highest BCUT2D eigenvalue weighted by atomic mass is 19.1. The van der Waals surface area contributed by atoms with E-state index in [2.05, 4.69) is 5.32 Å². The van der Waals surface area contributed by atoms with E-state index in [0.29, 0.717) is 0 Å². The van der Waals surface area contributed by atoms with Crippen molar-refractivity contribution in [3.63, 3.8) is 0 Å². The molecule has 1 N–H and O–H groups in total. The van der Waals surface area contributed by atoms with Crippen molar-refractivity contribution < 1.29 is 18.4 Å². The molecule has 1 aliphatic heterocycles. The minimum Gasteiger partial charge on any atom is -0.344 e. The van der Waals surface area contributed by atoms with E-state index in [1.165, 1.54) is 11.0 Å². The monoisotopic (exact) mass is 282 g/mol. The van der Waals surface area contributed by atoms with E-state index in [9.17, 15) is 18.4 Å². The largest absolute Gasteiger partial charge is 0.344 e. The topological polar surface area (TPSA) is 49.4 Å². The Morgan fingerprint density at radius 3 is 2.60 bits per heavy atom. The first-order chi connectivity index (χ1) is 9.40. The van der Waals surface area contributed by atoms with Gasteiger partial charge in [0.15, 0.2) is 0 Å². The van der Waals surface area contributed by atoms with Crippen LogP contribution in [0.3, 0.4) is 0 Å². The van der Waals surface area contributed by atoms with Crippen LogP contribution in [-0.4, -0.2) is 24.4 Å². The Labute approximate surface area is 115 Å². The highest BCUT2D eigenvalue weighted by Crippen LogP contribution is 2.23. The Morgan fingerprint density at radius 1 is 1.30 bits per heavy atom.